The van der Waals surface area contributed by atoms with Crippen molar-refractivity contribution in [2.24, 2.45) is 0 Å². The van der Waals surface area contributed by atoms with Crippen molar-refractivity contribution in [3.05, 3.63) is 64.9 Å². The predicted molar refractivity (Wildman–Crippen MR) is 98.5 cm³/mol. The SMILES string of the molecule is O=C(N1CCN(Cc2ccccn2)CC1)C1(c2ccc(Cl)cc2)CC1. The van der Waals surface area contributed by atoms with E-state index in [2.05, 4.69) is 16.0 Å². The Morgan fingerprint density at radius 2 is 1.76 bits per heavy atom. The number of pyridine rings is 1. The molecule has 1 aliphatic heterocycles. The Bertz CT molecular complexity index is 735. The summed E-state index contributed by atoms with van der Waals surface area (Å²) in [6.07, 6.45) is 3.72. The molecule has 1 aromatic carbocycles. The van der Waals surface area contributed by atoms with Crippen LogP contribution in [0.4, 0.5) is 0 Å². The van der Waals surface area contributed by atoms with Gasteiger partial charge in [0.2, 0.25) is 5.91 Å². The molecule has 0 N–H and O–H groups in total. The third-order valence-corrected chi connectivity index (χ3v) is 5.58. The number of rotatable bonds is 4. The number of nitrogens with zero attached hydrogens (tertiary/aromatic N) is 3. The van der Waals surface area contributed by atoms with E-state index < -0.39 is 0 Å². The van der Waals surface area contributed by atoms with Gasteiger partial charge in [-0.15, -0.1) is 0 Å². The van der Waals surface area contributed by atoms with E-state index >= 15 is 0 Å². The van der Waals surface area contributed by atoms with Gasteiger partial charge in [0.05, 0.1) is 11.1 Å². The number of hydrogen-bond donors (Lipinski definition) is 0. The minimum Gasteiger partial charge on any atom is -0.339 e. The number of halogens is 1. The first kappa shape index (κ1) is 16.6. The zero-order valence-corrected chi connectivity index (χ0v) is 15.0. The van der Waals surface area contributed by atoms with Crippen LogP contribution in [0.15, 0.2) is 48.7 Å². The van der Waals surface area contributed by atoms with Crippen LogP contribution < -0.4 is 0 Å². The predicted octanol–water partition coefficient (Wildman–Crippen LogP) is 3.11. The second-order valence-electron chi connectivity index (χ2n) is 6.98. The molecule has 130 valence electrons. The highest BCUT2D eigenvalue weighted by molar-refractivity contribution is 6.30. The molecule has 0 spiro atoms. The van der Waals surface area contributed by atoms with E-state index in [4.69, 9.17) is 11.6 Å². The Hall–Kier alpha value is -1.91. The van der Waals surface area contributed by atoms with Crippen LogP contribution in [0.3, 0.4) is 0 Å². The van der Waals surface area contributed by atoms with E-state index in [0.717, 1.165) is 61.8 Å². The first-order chi connectivity index (χ1) is 12.2. The highest BCUT2D eigenvalue weighted by Gasteiger charge is 2.53. The molecule has 1 saturated heterocycles. The van der Waals surface area contributed by atoms with Gasteiger partial charge in [0.25, 0.3) is 0 Å². The standard InChI is InChI=1S/C20H22ClN3O/c21-17-6-4-16(5-7-17)20(8-9-20)19(25)24-13-11-23(12-14-24)15-18-3-1-2-10-22-18/h1-7,10H,8-9,11-15H2. The first-order valence-corrected chi connectivity index (χ1v) is 9.23. The summed E-state index contributed by atoms with van der Waals surface area (Å²) < 4.78 is 0. The molecular formula is C20H22ClN3O. The molecule has 1 aliphatic carbocycles. The molecule has 0 radical (unpaired) electrons. The summed E-state index contributed by atoms with van der Waals surface area (Å²) in [5, 5.41) is 0.718. The summed E-state index contributed by atoms with van der Waals surface area (Å²) in [5.41, 5.74) is 1.90. The summed E-state index contributed by atoms with van der Waals surface area (Å²) in [6.45, 7) is 4.24. The lowest BCUT2D eigenvalue weighted by Gasteiger charge is -2.36. The van der Waals surface area contributed by atoms with Gasteiger partial charge in [-0.1, -0.05) is 29.8 Å². The summed E-state index contributed by atoms with van der Waals surface area (Å²) >= 11 is 5.99. The monoisotopic (exact) mass is 355 g/mol. The third kappa shape index (κ3) is 3.42. The molecule has 4 nitrogen and oxygen atoms in total. The number of hydrogen-bond acceptors (Lipinski definition) is 3. The van der Waals surface area contributed by atoms with Gasteiger partial charge in [-0.2, -0.15) is 0 Å². The van der Waals surface area contributed by atoms with Gasteiger partial charge in [-0.25, -0.2) is 0 Å². The van der Waals surface area contributed by atoms with Gasteiger partial charge in [0, 0.05) is 43.9 Å². The number of benzene rings is 1. The Kier molecular flexibility index (Phi) is 4.48. The zero-order chi connectivity index (χ0) is 17.3. The fourth-order valence-corrected chi connectivity index (χ4v) is 3.78. The van der Waals surface area contributed by atoms with E-state index in [0.29, 0.717) is 0 Å². The van der Waals surface area contributed by atoms with Crippen molar-refractivity contribution in [1.82, 2.24) is 14.8 Å². The van der Waals surface area contributed by atoms with E-state index in [1.165, 1.54) is 0 Å². The summed E-state index contributed by atoms with van der Waals surface area (Å²) in [4.78, 5) is 21.9. The number of carbonyl (C=O) groups excluding carboxylic acids is 1. The van der Waals surface area contributed by atoms with Gasteiger partial charge in [-0.3, -0.25) is 14.7 Å². The second kappa shape index (κ2) is 6.77. The molecule has 4 rings (SSSR count). The number of piperazine rings is 1. The smallest absolute Gasteiger partial charge is 0.233 e. The van der Waals surface area contributed by atoms with Crippen molar-refractivity contribution in [3.63, 3.8) is 0 Å². The van der Waals surface area contributed by atoms with E-state index in [1.807, 2.05) is 47.5 Å². The van der Waals surface area contributed by atoms with Crippen LogP contribution in [0, 0.1) is 0 Å². The van der Waals surface area contributed by atoms with Crippen LogP contribution in [-0.2, 0) is 16.8 Å². The molecule has 5 heteroatoms. The number of amides is 1. The quantitative estimate of drug-likeness (QED) is 0.845. The number of aromatic nitrogens is 1. The van der Waals surface area contributed by atoms with Crippen molar-refractivity contribution < 1.29 is 4.79 Å². The van der Waals surface area contributed by atoms with Crippen molar-refractivity contribution in [3.8, 4) is 0 Å². The minimum atomic E-state index is -0.298. The molecule has 1 aromatic heterocycles. The Labute approximate surface area is 153 Å². The molecule has 1 saturated carbocycles. The average molecular weight is 356 g/mol. The molecule has 0 bridgehead atoms. The van der Waals surface area contributed by atoms with Gasteiger partial charge < -0.3 is 4.90 Å². The highest BCUT2D eigenvalue weighted by atomic mass is 35.5. The second-order valence-corrected chi connectivity index (χ2v) is 7.41. The van der Waals surface area contributed by atoms with Gasteiger partial charge in [0.1, 0.15) is 0 Å². The minimum absolute atomic E-state index is 0.285. The van der Waals surface area contributed by atoms with Crippen LogP contribution in [-0.4, -0.2) is 46.9 Å². The maximum atomic E-state index is 13.1. The molecule has 2 fully saturated rings. The summed E-state index contributed by atoms with van der Waals surface area (Å²) in [6, 6.07) is 13.8. The lowest BCUT2D eigenvalue weighted by Crippen LogP contribution is -2.51. The van der Waals surface area contributed by atoms with Gasteiger partial charge in [-0.05, 0) is 42.7 Å². The van der Waals surface area contributed by atoms with Crippen LogP contribution >= 0.6 is 11.6 Å². The van der Waals surface area contributed by atoms with E-state index in [9.17, 15) is 4.79 Å². The molecule has 25 heavy (non-hydrogen) atoms. The zero-order valence-electron chi connectivity index (χ0n) is 14.2. The Balaban J connectivity index is 1.37. The van der Waals surface area contributed by atoms with Crippen LogP contribution in [0.1, 0.15) is 24.1 Å². The maximum absolute atomic E-state index is 13.1. The van der Waals surface area contributed by atoms with Crippen LogP contribution in [0.25, 0.3) is 0 Å². The number of carbonyl (C=O) groups is 1. The van der Waals surface area contributed by atoms with Gasteiger partial charge in [0.15, 0.2) is 0 Å². The van der Waals surface area contributed by atoms with E-state index in [1.54, 1.807) is 0 Å². The fraction of sp³-hybridized carbons (Fsp3) is 0.400. The highest BCUT2D eigenvalue weighted by Crippen LogP contribution is 2.49. The molecule has 2 aromatic rings. The van der Waals surface area contributed by atoms with Crippen molar-refractivity contribution in [2.75, 3.05) is 26.2 Å². The molecular weight excluding hydrogens is 334 g/mol. The summed E-state index contributed by atoms with van der Waals surface area (Å²) in [7, 11) is 0. The van der Waals surface area contributed by atoms with Crippen molar-refractivity contribution in [2.45, 2.75) is 24.8 Å². The third-order valence-electron chi connectivity index (χ3n) is 5.33. The summed E-state index contributed by atoms with van der Waals surface area (Å²) in [5.74, 6) is 0.285. The van der Waals surface area contributed by atoms with Crippen molar-refractivity contribution in [1.29, 1.82) is 0 Å². The first-order valence-electron chi connectivity index (χ1n) is 8.85. The van der Waals surface area contributed by atoms with Crippen molar-refractivity contribution >= 4 is 17.5 Å². The molecule has 2 heterocycles. The lowest BCUT2D eigenvalue weighted by atomic mass is 9.94. The maximum Gasteiger partial charge on any atom is 0.233 e. The van der Waals surface area contributed by atoms with E-state index in [-0.39, 0.29) is 11.3 Å². The average Bonchev–Trinajstić information content (AvgIpc) is 3.45. The molecule has 1 amide bonds. The normalized spacial score (nSPS) is 19.6. The Morgan fingerprint density at radius 3 is 2.36 bits per heavy atom. The fourth-order valence-electron chi connectivity index (χ4n) is 3.65. The van der Waals surface area contributed by atoms with Crippen LogP contribution in [0.2, 0.25) is 5.02 Å². The lowest BCUT2D eigenvalue weighted by molar-refractivity contribution is -0.135. The largest absolute Gasteiger partial charge is 0.339 e. The molecule has 0 atom stereocenters. The molecule has 2 aliphatic rings. The van der Waals surface area contributed by atoms with Crippen LogP contribution in [0.5, 0.6) is 0 Å². The Morgan fingerprint density at radius 1 is 1.04 bits per heavy atom. The van der Waals surface area contributed by atoms with Gasteiger partial charge >= 0.3 is 0 Å². The molecule has 0 unspecified atom stereocenters. The topological polar surface area (TPSA) is 36.4 Å².